The zero-order valence-electron chi connectivity index (χ0n) is 11.4. The molecule has 2 nitrogen and oxygen atoms in total. The lowest BCUT2D eigenvalue weighted by atomic mass is 9.80. The van der Waals surface area contributed by atoms with Crippen LogP contribution < -0.4 is 0 Å². The topological polar surface area (TPSA) is 33.0 Å². The van der Waals surface area contributed by atoms with Crippen LogP contribution in [0.25, 0.3) is 0 Å². The fraction of sp³-hybridized carbons (Fsp3) is 0.500. The SMILES string of the molecule is C[Si](C)(C)OC1(C#N)CCCc2c(Br)cc(Br)cc21. The molecular weight excluding hydrogens is 386 g/mol. The number of nitrogens with zero attached hydrogens (tertiary/aromatic N) is 1. The number of fused-ring (bicyclic) bond motifs is 1. The second-order valence-electron chi connectivity index (χ2n) is 5.92. The summed E-state index contributed by atoms with van der Waals surface area (Å²) in [5, 5.41) is 9.75. The van der Waals surface area contributed by atoms with E-state index < -0.39 is 13.9 Å². The van der Waals surface area contributed by atoms with Crippen molar-refractivity contribution in [3.05, 3.63) is 32.2 Å². The van der Waals surface area contributed by atoms with E-state index in [4.69, 9.17) is 4.43 Å². The minimum Gasteiger partial charge on any atom is -0.396 e. The predicted molar refractivity (Wildman–Crippen MR) is 86.5 cm³/mol. The van der Waals surface area contributed by atoms with Crippen molar-refractivity contribution in [2.75, 3.05) is 0 Å². The van der Waals surface area contributed by atoms with E-state index in [2.05, 4.69) is 57.6 Å². The summed E-state index contributed by atoms with van der Waals surface area (Å²) in [6, 6.07) is 6.54. The van der Waals surface area contributed by atoms with E-state index in [1.807, 2.05) is 12.1 Å². The van der Waals surface area contributed by atoms with E-state index in [-0.39, 0.29) is 0 Å². The Kier molecular flexibility index (Phi) is 4.27. The Balaban J connectivity index is 2.60. The Hall–Kier alpha value is -0.153. The summed E-state index contributed by atoms with van der Waals surface area (Å²) in [6.07, 6.45) is 2.77. The Morgan fingerprint density at radius 2 is 2.00 bits per heavy atom. The molecule has 0 bridgehead atoms. The molecule has 1 aromatic rings. The molecule has 0 saturated carbocycles. The van der Waals surface area contributed by atoms with Crippen molar-refractivity contribution in [2.45, 2.75) is 44.5 Å². The normalized spacial score (nSPS) is 22.7. The van der Waals surface area contributed by atoms with Gasteiger partial charge in [-0.3, -0.25) is 0 Å². The summed E-state index contributed by atoms with van der Waals surface area (Å²) in [7, 11) is -1.79. The molecule has 1 unspecified atom stereocenters. The van der Waals surface area contributed by atoms with Crippen molar-refractivity contribution < 1.29 is 4.43 Å². The molecule has 1 aromatic carbocycles. The minimum absolute atomic E-state index is 0.773. The lowest BCUT2D eigenvalue weighted by Gasteiger charge is -2.38. The first-order valence-electron chi connectivity index (χ1n) is 6.37. The Bertz CT molecular complexity index is 548. The molecule has 5 heteroatoms. The highest BCUT2D eigenvalue weighted by atomic mass is 79.9. The molecule has 19 heavy (non-hydrogen) atoms. The maximum Gasteiger partial charge on any atom is 0.186 e. The second-order valence-corrected chi connectivity index (χ2v) is 12.1. The van der Waals surface area contributed by atoms with Crippen LogP contribution in [0.3, 0.4) is 0 Å². The van der Waals surface area contributed by atoms with Gasteiger partial charge in [0.2, 0.25) is 0 Å². The first-order valence-corrected chi connectivity index (χ1v) is 11.4. The third-order valence-corrected chi connectivity index (χ3v) is 5.34. The van der Waals surface area contributed by atoms with Gasteiger partial charge in [-0.2, -0.15) is 5.26 Å². The van der Waals surface area contributed by atoms with Crippen LogP contribution in [0.2, 0.25) is 19.6 Å². The number of halogens is 2. The summed E-state index contributed by atoms with van der Waals surface area (Å²) < 4.78 is 8.34. The van der Waals surface area contributed by atoms with Crippen molar-refractivity contribution in [1.82, 2.24) is 0 Å². The number of nitriles is 1. The average Bonchev–Trinajstić information content (AvgIpc) is 2.28. The molecule has 0 aliphatic heterocycles. The van der Waals surface area contributed by atoms with E-state index in [9.17, 15) is 5.26 Å². The summed E-state index contributed by atoms with van der Waals surface area (Å²) in [5.74, 6) is 0. The van der Waals surface area contributed by atoms with E-state index >= 15 is 0 Å². The quantitative estimate of drug-likeness (QED) is 0.643. The van der Waals surface area contributed by atoms with Gasteiger partial charge in [-0.05, 0) is 56.6 Å². The largest absolute Gasteiger partial charge is 0.396 e. The molecule has 0 spiro atoms. The number of rotatable bonds is 2. The molecule has 1 aliphatic rings. The molecule has 0 heterocycles. The molecule has 0 fully saturated rings. The summed E-state index contributed by atoms with van der Waals surface area (Å²) in [4.78, 5) is 0. The molecule has 0 amide bonds. The highest BCUT2D eigenvalue weighted by Gasteiger charge is 2.42. The zero-order valence-corrected chi connectivity index (χ0v) is 15.6. The van der Waals surface area contributed by atoms with Crippen LogP contribution in [0, 0.1) is 11.3 Å². The Morgan fingerprint density at radius 1 is 1.32 bits per heavy atom. The smallest absolute Gasteiger partial charge is 0.186 e. The Morgan fingerprint density at radius 3 is 2.58 bits per heavy atom. The van der Waals surface area contributed by atoms with Crippen LogP contribution in [-0.4, -0.2) is 8.32 Å². The van der Waals surface area contributed by atoms with Crippen LogP contribution in [-0.2, 0) is 16.4 Å². The number of hydrogen-bond donors (Lipinski definition) is 0. The highest BCUT2D eigenvalue weighted by Crippen LogP contribution is 2.43. The lowest BCUT2D eigenvalue weighted by molar-refractivity contribution is 0.0982. The zero-order chi connectivity index (χ0) is 14.3. The summed E-state index contributed by atoms with van der Waals surface area (Å²) >= 11 is 7.13. The van der Waals surface area contributed by atoms with Gasteiger partial charge in [-0.25, -0.2) is 0 Å². The summed E-state index contributed by atoms with van der Waals surface area (Å²) in [5.41, 5.74) is 1.48. The third kappa shape index (κ3) is 3.13. The van der Waals surface area contributed by atoms with E-state index in [0.717, 1.165) is 33.8 Å². The molecule has 1 aliphatic carbocycles. The molecule has 0 aromatic heterocycles. The maximum atomic E-state index is 9.75. The van der Waals surface area contributed by atoms with Gasteiger partial charge in [-0.1, -0.05) is 31.9 Å². The molecule has 2 rings (SSSR count). The molecule has 0 radical (unpaired) electrons. The van der Waals surface area contributed by atoms with Gasteiger partial charge in [0.1, 0.15) is 6.07 Å². The highest BCUT2D eigenvalue weighted by molar-refractivity contribution is 9.11. The van der Waals surface area contributed by atoms with Gasteiger partial charge in [0, 0.05) is 14.5 Å². The first-order chi connectivity index (χ1) is 8.77. The van der Waals surface area contributed by atoms with Gasteiger partial charge < -0.3 is 4.43 Å². The molecule has 0 saturated heterocycles. The van der Waals surface area contributed by atoms with Crippen LogP contribution in [0.5, 0.6) is 0 Å². The van der Waals surface area contributed by atoms with Gasteiger partial charge in [0.25, 0.3) is 0 Å². The number of benzene rings is 1. The number of hydrogen-bond acceptors (Lipinski definition) is 2. The third-order valence-electron chi connectivity index (χ3n) is 3.21. The average molecular weight is 403 g/mol. The van der Waals surface area contributed by atoms with Gasteiger partial charge in [-0.15, -0.1) is 0 Å². The van der Waals surface area contributed by atoms with Crippen molar-refractivity contribution >= 4 is 40.2 Å². The maximum absolute atomic E-state index is 9.75. The van der Waals surface area contributed by atoms with E-state index in [0.29, 0.717) is 0 Å². The minimum atomic E-state index is -1.79. The Labute approximate surface area is 132 Å². The molecule has 1 atom stereocenters. The van der Waals surface area contributed by atoms with Gasteiger partial charge >= 0.3 is 0 Å². The van der Waals surface area contributed by atoms with Crippen LogP contribution in [0.1, 0.15) is 24.0 Å². The van der Waals surface area contributed by atoms with Crippen molar-refractivity contribution in [3.8, 4) is 6.07 Å². The lowest BCUT2D eigenvalue weighted by Crippen LogP contribution is -2.42. The fourth-order valence-corrected chi connectivity index (χ4v) is 5.36. The van der Waals surface area contributed by atoms with Crippen LogP contribution in [0.4, 0.5) is 0 Å². The van der Waals surface area contributed by atoms with Gasteiger partial charge in [0.05, 0.1) is 0 Å². The molecular formula is C14H17Br2NOSi. The fourth-order valence-electron chi connectivity index (χ4n) is 2.63. The first kappa shape index (κ1) is 15.2. The monoisotopic (exact) mass is 401 g/mol. The van der Waals surface area contributed by atoms with Crippen molar-refractivity contribution in [1.29, 1.82) is 5.26 Å². The van der Waals surface area contributed by atoms with E-state index in [1.165, 1.54) is 5.56 Å². The summed E-state index contributed by atoms with van der Waals surface area (Å²) in [6.45, 7) is 6.40. The van der Waals surface area contributed by atoms with E-state index in [1.54, 1.807) is 0 Å². The molecule has 0 N–H and O–H groups in total. The van der Waals surface area contributed by atoms with Crippen LogP contribution in [0.15, 0.2) is 21.1 Å². The predicted octanol–water partition coefficient (Wildman–Crippen LogP) is 5.12. The molecule has 102 valence electrons. The van der Waals surface area contributed by atoms with Crippen LogP contribution >= 0.6 is 31.9 Å². The van der Waals surface area contributed by atoms with Gasteiger partial charge in [0.15, 0.2) is 13.9 Å². The standard InChI is InChI=1S/C14H17Br2NOSi/c1-19(2,3)18-14(9-17)6-4-5-11-12(14)7-10(15)8-13(11)16/h7-8H,4-6H2,1-3H3. The second kappa shape index (κ2) is 5.32. The van der Waals surface area contributed by atoms with Crippen molar-refractivity contribution in [2.24, 2.45) is 0 Å². The van der Waals surface area contributed by atoms with Crippen molar-refractivity contribution in [3.63, 3.8) is 0 Å².